The maximum absolute atomic E-state index is 10.8. The molecule has 0 atom stereocenters. The molecule has 0 aromatic heterocycles. The zero-order valence-corrected chi connectivity index (χ0v) is 12.7. The molecule has 110 valence electrons. The third-order valence-corrected chi connectivity index (χ3v) is 4.19. The van der Waals surface area contributed by atoms with E-state index in [1.54, 1.807) is 23.9 Å². The highest BCUT2D eigenvalue weighted by Crippen LogP contribution is 2.27. The molecule has 0 aliphatic carbocycles. The predicted molar refractivity (Wildman–Crippen MR) is 87.4 cm³/mol. The van der Waals surface area contributed by atoms with Gasteiger partial charge in [0.1, 0.15) is 5.69 Å². The van der Waals surface area contributed by atoms with Crippen molar-refractivity contribution in [2.24, 2.45) is 5.84 Å². The number of hydrazine groups is 1. The van der Waals surface area contributed by atoms with Crippen LogP contribution in [0.25, 0.3) is 0 Å². The number of hydrogen-bond donors (Lipinski definition) is 2. The van der Waals surface area contributed by atoms with Gasteiger partial charge in [-0.05, 0) is 29.3 Å². The summed E-state index contributed by atoms with van der Waals surface area (Å²) in [4.78, 5) is 10.4. The van der Waals surface area contributed by atoms with E-state index in [2.05, 4.69) is 5.43 Å². The van der Waals surface area contributed by atoms with Crippen molar-refractivity contribution >= 4 is 34.7 Å². The fraction of sp³-hybridized carbons (Fsp3) is 0.143. The summed E-state index contributed by atoms with van der Waals surface area (Å²) < 4.78 is 0. The molecule has 0 aliphatic rings. The lowest BCUT2D eigenvalue weighted by Crippen LogP contribution is -2.09. The van der Waals surface area contributed by atoms with Gasteiger partial charge in [0.2, 0.25) is 0 Å². The Morgan fingerprint density at radius 2 is 1.76 bits per heavy atom. The molecule has 0 heterocycles. The highest BCUT2D eigenvalue weighted by molar-refractivity contribution is 7.97. The van der Waals surface area contributed by atoms with Crippen molar-refractivity contribution in [3.8, 4) is 0 Å². The van der Waals surface area contributed by atoms with Gasteiger partial charge < -0.3 is 5.43 Å². The molecule has 0 amide bonds. The van der Waals surface area contributed by atoms with Crippen LogP contribution in [0.15, 0.2) is 42.5 Å². The van der Waals surface area contributed by atoms with Crippen LogP contribution in [0, 0.1) is 10.1 Å². The second-order valence-corrected chi connectivity index (χ2v) is 5.79. The average Bonchev–Trinajstić information content (AvgIpc) is 2.49. The van der Waals surface area contributed by atoms with E-state index in [9.17, 15) is 10.1 Å². The lowest BCUT2D eigenvalue weighted by Gasteiger charge is -2.06. The molecule has 21 heavy (non-hydrogen) atoms. The number of halogens is 1. The number of nitrogens with zero attached hydrogens (tertiary/aromatic N) is 1. The van der Waals surface area contributed by atoms with Crippen molar-refractivity contribution in [2.45, 2.75) is 11.5 Å². The summed E-state index contributed by atoms with van der Waals surface area (Å²) in [6, 6.07) is 12.6. The molecule has 5 nitrogen and oxygen atoms in total. The SMILES string of the molecule is NNc1cc(CSCc2ccc(Cl)cc2)ccc1[N+](=O)[O-]. The van der Waals surface area contributed by atoms with E-state index in [1.807, 2.05) is 24.3 Å². The van der Waals surface area contributed by atoms with Crippen LogP contribution < -0.4 is 11.3 Å². The van der Waals surface area contributed by atoms with Crippen LogP contribution in [0.2, 0.25) is 5.02 Å². The summed E-state index contributed by atoms with van der Waals surface area (Å²) in [7, 11) is 0. The highest BCUT2D eigenvalue weighted by Gasteiger charge is 2.12. The number of hydrogen-bond acceptors (Lipinski definition) is 5. The number of nitrogen functional groups attached to an aromatic ring is 1. The smallest absolute Gasteiger partial charge is 0.293 e. The Labute approximate surface area is 131 Å². The van der Waals surface area contributed by atoms with Crippen molar-refractivity contribution < 1.29 is 4.92 Å². The maximum Gasteiger partial charge on any atom is 0.293 e. The van der Waals surface area contributed by atoms with Crippen LogP contribution >= 0.6 is 23.4 Å². The van der Waals surface area contributed by atoms with E-state index in [1.165, 1.54) is 11.6 Å². The first kappa shape index (κ1) is 15.6. The summed E-state index contributed by atoms with van der Waals surface area (Å²) in [5.74, 6) is 6.91. The third-order valence-electron chi connectivity index (χ3n) is 2.86. The van der Waals surface area contributed by atoms with Crippen molar-refractivity contribution in [1.82, 2.24) is 0 Å². The molecular formula is C14H14ClN3O2S. The molecule has 0 aliphatic heterocycles. The fourth-order valence-corrected chi connectivity index (χ4v) is 2.89. The van der Waals surface area contributed by atoms with Crippen molar-refractivity contribution in [2.75, 3.05) is 5.43 Å². The van der Waals surface area contributed by atoms with Gasteiger partial charge in [0, 0.05) is 22.6 Å². The van der Waals surface area contributed by atoms with Gasteiger partial charge in [-0.2, -0.15) is 11.8 Å². The fourth-order valence-electron chi connectivity index (χ4n) is 1.82. The first-order chi connectivity index (χ1) is 10.1. The number of thioether (sulfide) groups is 1. The van der Waals surface area contributed by atoms with Crippen LogP contribution in [0.3, 0.4) is 0 Å². The number of anilines is 1. The monoisotopic (exact) mass is 323 g/mol. The zero-order valence-electron chi connectivity index (χ0n) is 11.1. The van der Waals surface area contributed by atoms with Gasteiger partial charge >= 0.3 is 0 Å². The number of nitrogens with two attached hydrogens (primary N) is 1. The van der Waals surface area contributed by atoms with Gasteiger partial charge in [-0.25, -0.2) is 0 Å². The molecule has 0 unspecified atom stereocenters. The zero-order chi connectivity index (χ0) is 15.2. The van der Waals surface area contributed by atoms with E-state index in [-0.39, 0.29) is 5.69 Å². The number of rotatable bonds is 6. The first-order valence-corrected chi connectivity index (χ1v) is 7.69. The summed E-state index contributed by atoms with van der Waals surface area (Å²) in [6.07, 6.45) is 0. The first-order valence-electron chi connectivity index (χ1n) is 6.16. The molecule has 0 saturated heterocycles. The van der Waals surface area contributed by atoms with E-state index < -0.39 is 4.92 Å². The van der Waals surface area contributed by atoms with Gasteiger partial charge in [-0.15, -0.1) is 0 Å². The van der Waals surface area contributed by atoms with E-state index >= 15 is 0 Å². The minimum Gasteiger partial charge on any atom is -0.318 e. The summed E-state index contributed by atoms with van der Waals surface area (Å²) in [5.41, 5.74) is 4.83. The molecule has 2 aromatic carbocycles. The standard InChI is InChI=1S/C14H14ClN3O2S/c15-12-4-1-10(2-5-12)8-21-9-11-3-6-14(18(19)20)13(7-11)17-16/h1-7,17H,8-9,16H2. The molecular weight excluding hydrogens is 310 g/mol. The largest absolute Gasteiger partial charge is 0.318 e. The van der Waals surface area contributed by atoms with Crippen molar-refractivity contribution in [1.29, 1.82) is 0 Å². The van der Waals surface area contributed by atoms with E-state index in [0.29, 0.717) is 5.69 Å². The highest BCUT2D eigenvalue weighted by atomic mass is 35.5. The number of benzene rings is 2. The lowest BCUT2D eigenvalue weighted by molar-refractivity contribution is -0.384. The topological polar surface area (TPSA) is 81.2 Å². The van der Waals surface area contributed by atoms with Crippen LogP contribution in [0.4, 0.5) is 11.4 Å². The van der Waals surface area contributed by atoms with Gasteiger partial charge in [0.05, 0.1) is 4.92 Å². The molecule has 0 radical (unpaired) electrons. The predicted octanol–water partition coefficient (Wildman–Crippen LogP) is 3.97. The molecule has 7 heteroatoms. The Bertz CT molecular complexity index is 635. The normalized spacial score (nSPS) is 10.4. The minimum absolute atomic E-state index is 0.0241. The molecule has 3 N–H and O–H groups in total. The van der Waals surface area contributed by atoms with Crippen molar-refractivity contribution in [3.05, 3.63) is 68.7 Å². The minimum atomic E-state index is -0.459. The van der Waals surface area contributed by atoms with E-state index in [0.717, 1.165) is 22.1 Å². The molecule has 0 saturated carbocycles. The molecule has 0 bridgehead atoms. The maximum atomic E-state index is 10.8. The lowest BCUT2D eigenvalue weighted by atomic mass is 10.2. The molecule has 0 fully saturated rings. The second-order valence-electron chi connectivity index (χ2n) is 4.37. The third kappa shape index (κ3) is 4.35. The molecule has 0 spiro atoms. The number of nitrogens with one attached hydrogen (secondary N) is 1. The number of nitro groups is 1. The van der Waals surface area contributed by atoms with Gasteiger partial charge in [0.25, 0.3) is 5.69 Å². The van der Waals surface area contributed by atoms with Crippen LogP contribution in [0.1, 0.15) is 11.1 Å². The Morgan fingerprint density at radius 3 is 2.38 bits per heavy atom. The van der Waals surface area contributed by atoms with Gasteiger partial charge in [-0.3, -0.25) is 16.0 Å². The van der Waals surface area contributed by atoms with Crippen LogP contribution in [-0.2, 0) is 11.5 Å². The van der Waals surface area contributed by atoms with Gasteiger partial charge in [0.15, 0.2) is 0 Å². The Balaban J connectivity index is 1.97. The Hall–Kier alpha value is -1.76. The van der Waals surface area contributed by atoms with Crippen LogP contribution in [0.5, 0.6) is 0 Å². The summed E-state index contributed by atoms with van der Waals surface area (Å²) >= 11 is 7.55. The number of nitro benzene ring substituents is 1. The Morgan fingerprint density at radius 1 is 1.14 bits per heavy atom. The van der Waals surface area contributed by atoms with Gasteiger partial charge in [-0.1, -0.05) is 29.8 Å². The molecule has 2 rings (SSSR count). The average molecular weight is 324 g/mol. The Kier molecular flexibility index (Phi) is 5.44. The van der Waals surface area contributed by atoms with Crippen molar-refractivity contribution in [3.63, 3.8) is 0 Å². The second kappa shape index (κ2) is 7.31. The quantitative estimate of drug-likeness (QED) is 0.477. The van der Waals surface area contributed by atoms with Crippen LogP contribution in [-0.4, -0.2) is 4.92 Å². The molecule has 2 aromatic rings. The summed E-state index contributed by atoms with van der Waals surface area (Å²) in [5, 5.41) is 11.5. The summed E-state index contributed by atoms with van der Waals surface area (Å²) in [6.45, 7) is 0. The van der Waals surface area contributed by atoms with E-state index in [4.69, 9.17) is 17.4 Å².